The molecule has 7 heteroatoms. The molecule has 3 rings (SSSR count). The molecule has 4 nitrogen and oxygen atoms in total. The normalized spacial score (nSPS) is 12.4. The van der Waals surface area contributed by atoms with Crippen LogP contribution in [-0.4, -0.2) is 41.8 Å². The summed E-state index contributed by atoms with van der Waals surface area (Å²) in [4.78, 5) is 4.53. The topological polar surface area (TPSA) is 51.6 Å². The molecule has 2 aromatic carbocycles. The van der Waals surface area contributed by atoms with Crippen LogP contribution >= 0.6 is 34.7 Å². The van der Waals surface area contributed by atoms with E-state index in [4.69, 9.17) is 21.1 Å². The monoisotopic (exact) mass is 395 g/mol. The minimum Gasteiger partial charge on any atom is -0.491 e. The summed E-state index contributed by atoms with van der Waals surface area (Å²) in [5.74, 6) is 1.30. The fraction of sp³-hybridized carbons (Fsp3) is 0.278. The van der Waals surface area contributed by atoms with E-state index in [1.807, 2.05) is 30.3 Å². The van der Waals surface area contributed by atoms with Gasteiger partial charge < -0.3 is 14.6 Å². The molecular formula is C18H18ClNO3S2. The van der Waals surface area contributed by atoms with E-state index in [9.17, 15) is 5.11 Å². The van der Waals surface area contributed by atoms with E-state index in [0.717, 1.165) is 20.3 Å². The Hall–Kier alpha value is -1.31. The molecule has 1 heterocycles. The number of aliphatic hydroxyl groups is 1. The zero-order valence-electron chi connectivity index (χ0n) is 13.4. The van der Waals surface area contributed by atoms with Gasteiger partial charge in [0, 0.05) is 10.8 Å². The Balaban J connectivity index is 1.31. The van der Waals surface area contributed by atoms with Gasteiger partial charge in [0.25, 0.3) is 0 Å². The quantitative estimate of drug-likeness (QED) is 0.427. The van der Waals surface area contributed by atoms with E-state index in [1.54, 1.807) is 35.2 Å². The Kier molecular flexibility index (Phi) is 6.95. The van der Waals surface area contributed by atoms with Gasteiger partial charge in [-0.3, -0.25) is 0 Å². The Morgan fingerprint density at radius 1 is 1.12 bits per heavy atom. The number of rotatable bonds is 9. The maximum Gasteiger partial charge on any atom is 0.151 e. The number of thioether (sulfide) groups is 1. The second-order valence-corrected chi connectivity index (χ2v) is 8.02. The molecule has 0 aliphatic heterocycles. The lowest BCUT2D eigenvalue weighted by molar-refractivity contribution is 0.0348. The van der Waals surface area contributed by atoms with Crippen LogP contribution in [0.4, 0.5) is 0 Å². The molecule has 0 saturated carbocycles. The van der Waals surface area contributed by atoms with Crippen LogP contribution in [-0.2, 0) is 4.74 Å². The highest BCUT2D eigenvalue weighted by molar-refractivity contribution is 8.01. The van der Waals surface area contributed by atoms with Gasteiger partial charge in [0.1, 0.15) is 12.4 Å². The minimum absolute atomic E-state index is 0.280. The first kappa shape index (κ1) is 18.5. The van der Waals surface area contributed by atoms with Crippen molar-refractivity contribution in [1.29, 1.82) is 0 Å². The third-order valence-corrected chi connectivity index (χ3v) is 5.87. The fourth-order valence-corrected chi connectivity index (χ4v) is 4.22. The van der Waals surface area contributed by atoms with Crippen molar-refractivity contribution >= 4 is 44.9 Å². The smallest absolute Gasteiger partial charge is 0.151 e. The summed E-state index contributed by atoms with van der Waals surface area (Å²) >= 11 is 9.00. The van der Waals surface area contributed by atoms with Gasteiger partial charge in [0.15, 0.2) is 4.34 Å². The first-order chi connectivity index (χ1) is 12.2. The van der Waals surface area contributed by atoms with E-state index >= 15 is 0 Å². The summed E-state index contributed by atoms with van der Waals surface area (Å²) in [6, 6.07) is 15.2. The van der Waals surface area contributed by atoms with Crippen molar-refractivity contribution in [3.8, 4) is 5.75 Å². The second kappa shape index (κ2) is 9.40. The maximum absolute atomic E-state index is 10.0. The lowest BCUT2D eigenvalue weighted by Gasteiger charge is -2.11. The highest BCUT2D eigenvalue weighted by Gasteiger charge is 2.09. The highest BCUT2D eigenvalue weighted by atomic mass is 35.5. The molecule has 25 heavy (non-hydrogen) atoms. The largest absolute Gasteiger partial charge is 0.491 e. The molecule has 132 valence electrons. The van der Waals surface area contributed by atoms with E-state index < -0.39 is 6.10 Å². The van der Waals surface area contributed by atoms with Crippen LogP contribution < -0.4 is 4.74 Å². The van der Waals surface area contributed by atoms with Crippen LogP contribution in [0.15, 0.2) is 52.9 Å². The summed E-state index contributed by atoms with van der Waals surface area (Å²) in [6.07, 6.45) is -0.535. The van der Waals surface area contributed by atoms with Crippen molar-refractivity contribution in [3.63, 3.8) is 0 Å². The van der Waals surface area contributed by atoms with Crippen LogP contribution in [0.1, 0.15) is 0 Å². The van der Waals surface area contributed by atoms with Crippen molar-refractivity contribution in [3.05, 3.63) is 53.6 Å². The number of fused-ring (bicyclic) bond motifs is 1. The number of hydrogen-bond acceptors (Lipinski definition) is 6. The van der Waals surface area contributed by atoms with Crippen molar-refractivity contribution in [2.45, 2.75) is 10.4 Å². The minimum atomic E-state index is -0.535. The van der Waals surface area contributed by atoms with Crippen LogP contribution in [0.3, 0.4) is 0 Å². The molecule has 0 aliphatic rings. The van der Waals surface area contributed by atoms with Gasteiger partial charge in [0.05, 0.1) is 29.5 Å². The number of nitrogens with zero attached hydrogens (tertiary/aromatic N) is 1. The third-order valence-electron chi connectivity index (χ3n) is 3.29. The molecule has 0 saturated heterocycles. The van der Waals surface area contributed by atoms with Crippen LogP contribution in [0.2, 0.25) is 5.02 Å². The summed E-state index contributed by atoms with van der Waals surface area (Å²) in [7, 11) is 0. The Morgan fingerprint density at radius 2 is 1.92 bits per heavy atom. The molecule has 1 atom stereocenters. The van der Waals surface area contributed by atoms with Crippen LogP contribution in [0.25, 0.3) is 10.2 Å². The number of thiazole rings is 1. The standard InChI is InChI=1S/C18H18ClNO3S2/c19-13-5-7-15(8-6-13)23-10-9-22-11-14(21)12-24-18-20-16-3-1-2-4-17(16)25-18/h1-8,14,21H,9-12H2. The molecule has 1 unspecified atom stereocenters. The molecule has 0 aliphatic carbocycles. The van der Waals surface area contributed by atoms with Crippen LogP contribution in [0.5, 0.6) is 5.75 Å². The number of aliphatic hydroxyl groups excluding tert-OH is 1. The summed E-state index contributed by atoms with van der Waals surface area (Å²) in [6.45, 7) is 1.13. The zero-order valence-corrected chi connectivity index (χ0v) is 15.8. The van der Waals surface area contributed by atoms with E-state index in [2.05, 4.69) is 11.1 Å². The second-order valence-electron chi connectivity index (χ2n) is 5.29. The Labute approximate surface area is 159 Å². The van der Waals surface area contributed by atoms with Gasteiger partial charge in [-0.1, -0.05) is 35.5 Å². The number of benzene rings is 2. The van der Waals surface area contributed by atoms with E-state index in [0.29, 0.717) is 24.0 Å². The predicted octanol–water partition coefficient (Wildman–Crippen LogP) is 4.50. The van der Waals surface area contributed by atoms with Crippen LogP contribution in [0, 0.1) is 0 Å². The molecule has 1 N–H and O–H groups in total. The summed E-state index contributed by atoms with van der Waals surface area (Å²) in [5.41, 5.74) is 1.00. The number of hydrogen-bond donors (Lipinski definition) is 1. The molecule has 3 aromatic rings. The van der Waals surface area contributed by atoms with Crippen molar-refractivity contribution in [2.24, 2.45) is 0 Å². The molecule has 0 amide bonds. The number of ether oxygens (including phenoxy) is 2. The molecular weight excluding hydrogens is 378 g/mol. The SMILES string of the molecule is OC(COCCOc1ccc(Cl)cc1)CSc1nc2ccccc2s1. The first-order valence-electron chi connectivity index (χ1n) is 7.83. The summed E-state index contributed by atoms with van der Waals surface area (Å²) < 4.78 is 13.1. The fourth-order valence-electron chi connectivity index (χ4n) is 2.10. The number of halogens is 1. The summed E-state index contributed by atoms with van der Waals surface area (Å²) in [5, 5.41) is 10.7. The van der Waals surface area contributed by atoms with E-state index in [-0.39, 0.29) is 6.61 Å². The van der Waals surface area contributed by atoms with Gasteiger partial charge in [-0.2, -0.15) is 0 Å². The van der Waals surface area contributed by atoms with Crippen molar-refractivity contribution in [2.75, 3.05) is 25.6 Å². The molecule has 0 bridgehead atoms. The average molecular weight is 396 g/mol. The van der Waals surface area contributed by atoms with Crippen molar-refractivity contribution < 1.29 is 14.6 Å². The van der Waals surface area contributed by atoms with Gasteiger partial charge in [-0.05, 0) is 36.4 Å². The molecule has 0 spiro atoms. The molecule has 0 fully saturated rings. The molecule has 1 aromatic heterocycles. The van der Waals surface area contributed by atoms with Gasteiger partial charge in [-0.15, -0.1) is 11.3 Å². The Morgan fingerprint density at radius 3 is 2.72 bits per heavy atom. The van der Waals surface area contributed by atoms with Gasteiger partial charge >= 0.3 is 0 Å². The third kappa shape index (κ3) is 5.87. The number of aromatic nitrogens is 1. The van der Waals surface area contributed by atoms with Gasteiger partial charge in [0.2, 0.25) is 0 Å². The van der Waals surface area contributed by atoms with E-state index in [1.165, 1.54) is 0 Å². The lowest BCUT2D eigenvalue weighted by Crippen LogP contribution is -2.20. The predicted molar refractivity (Wildman–Crippen MR) is 104 cm³/mol. The number of para-hydroxylation sites is 1. The molecule has 0 radical (unpaired) electrons. The highest BCUT2D eigenvalue weighted by Crippen LogP contribution is 2.29. The van der Waals surface area contributed by atoms with Crippen molar-refractivity contribution in [1.82, 2.24) is 4.98 Å². The van der Waals surface area contributed by atoms with Gasteiger partial charge in [-0.25, -0.2) is 4.98 Å². The zero-order chi connectivity index (χ0) is 17.5. The average Bonchev–Trinajstić information content (AvgIpc) is 3.04. The lowest BCUT2D eigenvalue weighted by atomic mass is 10.3. The Bertz CT molecular complexity index is 761. The maximum atomic E-state index is 10.0. The first-order valence-corrected chi connectivity index (χ1v) is 10.0.